The second kappa shape index (κ2) is 8.10. The van der Waals surface area contributed by atoms with Crippen molar-refractivity contribution in [3.63, 3.8) is 0 Å². The van der Waals surface area contributed by atoms with Crippen molar-refractivity contribution in [2.24, 2.45) is 5.92 Å². The third-order valence-electron chi connectivity index (χ3n) is 4.26. The van der Waals surface area contributed by atoms with Crippen LogP contribution in [-0.4, -0.2) is 35.0 Å². The molecule has 6 nitrogen and oxygen atoms in total. The van der Waals surface area contributed by atoms with Gasteiger partial charge in [0, 0.05) is 12.6 Å². The van der Waals surface area contributed by atoms with Crippen molar-refractivity contribution in [1.29, 1.82) is 0 Å². The van der Waals surface area contributed by atoms with Crippen LogP contribution in [0.3, 0.4) is 0 Å². The summed E-state index contributed by atoms with van der Waals surface area (Å²) < 4.78 is 4.70. The Bertz CT molecular complexity index is 649. The number of rotatable bonds is 6. The maximum atomic E-state index is 12.7. The molecule has 128 valence electrons. The van der Waals surface area contributed by atoms with Gasteiger partial charge in [-0.15, -0.1) is 11.3 Å². The minimum absolute atomic E-state index is 0.0279. The van der Waals surface area contributed by atoms with Crippen LogP contribution in [0.15, 0.2) is 34.4 Å². The summed E-state index contributed by atoms with van der Waals surface area (Å²) >= 11 is 1.40. The summed E-state index contributed by atoms with van der Waals surface area (Å²) in [5.41, 5.74) is 0. The summed E-state index contributed by atoms with van der Waals surface area (Å²) in [6.45, 7) is 0.656. The second-order valence-electron chi connectivity index (χ2n) is 6.10. The molecule has 1 aliphatic rings. The highest BCUT2D eigenvalue weighted by atomic mass is 32.1. The van der Waals surface area contributed by atoms with Gasteiger partial charge in [-0.05, 0) is 30.2 Å². The molecule has 2 aromatic heterocycles. The molecule has 0 aliphatic heterocycles. The fourth-order valence-electron chi connectivity index (χ4n) is 3.09. The number of anilines is 1. The molecule has 3 rings (SSSR count). The molecule has 1 aliphatic carbocycles. The molecular formula is C17H21N3O3S. The van der Waals surface area contributed by atoms with E-state index in [2.05, 4.69) is 10.5 Å². The number of nitrogens with one attached hydrogen (secondary N) is 1. The van der Waals surface area contributed by atoms with Crippen molar-refractivity contribution in [2.45, 2.75) is 32.1 Å². The molecule has 7 heteroatoms. The van der Waals surface area contributed by atoms with Crippen LogP contribution in [0, 0.1) is 5.92 Å². The molecule has 0 saturated heterocycles. The van der Waals surface area contributed by atoms with Crippen LogP contribution in [0.1, 0.15) is 41.8 Å². The molecule has 0 bridgehead atoms. The smallest absolute Gasteiger partial charge is 0.264 e. The largest absolute Gasteiger partial charge is 0.363 e. The van der Waals surface area contributed by atoms with Crippen molar-refractivity contribution in [2.75, 3.05) is 18.4 Å². The summed E-state index contributed by atoms with van der Waals surface area (Å²) in [6, 6.07) is 5.23. The lowest BCUT2D eigenvalue weighted by Gasteiger charge is -2.29. The number of amides is 2. The van der Waals surface area contributed by atoms with Gasteiger partial charge in [0.2, 0.25) is 5.91 Å². The first-order chi connectivity index (χ1) is 11.7. The molecule has 2 aromatic rings. The Morgan fingerprint density at radius 3 is 2.79 bits per heavy atom. The fraction of sp³-hybridized carbons (Fsp3) is 0.471. The maximum absolute atomic E-state index is 12.7. The highest BCUT2D eigenvalue weighted by Crippen LogP contribution is 2.25. The summed E-state index contributed by atoms with van der Waals surface area (Å²) in [4.78, 5) is 27.3. The number of hydrogen-bond donors (Lipinski definition) is 1. The molecule has 1 N–H and O–H groups in total. The zero-order chi connectivity index (χ0) is 16.8. The van der Waals surface area contributed by atoms with Crippen LogP contribution in [0.2, 0.25) is 0 Å². The van der Waals surface area contributed by atoms with Crippen molar-refractivity contribution < 1.29 is 14.1 Å². The third-order valence-corrected chi connectivity index (χ3v) is 5.12. The van der Waals surface area contributed by atoms with Crippen LogP contribution in [-0.2, 0) is 4.79 Å². The highest BCUT2D eigenvalue weighted by Gasteiger charge is 2.24. The predicted molar refractivity (Wildman–Crippen MR) is 91.9 cm³/mol. The van der Waals surface area contributed by atoms with Gasteiger partial charge in [-0.1, -0.05) is 30.5 Å². The topological polar surface area (TPSA) is 75.4 Å². The van der Waals surface area contributed by atoms with Crippen molar-refractivity contribution in [3.8, 4) is 0 Å². The molecule has 2 heterocycles. The minimum Gasteiger partial charge on any atom is -0.363 e. The molecule has 2 amide bonds. The van der Waals surface area contributed by atoms with Gasteiger partial charge in [0.05, 0.1) is 4.88 Å². The van der Waals surface area contributed by atoms with E-state index >= 15 is 0 Å². The SMILES string of the molecule is O=C(CN(CC1CCCCC1)C(=O)c1cccs1)Nc1ccon1. The van der Waals surface area contributed by atoms with Gasteiger partial charge < -0.3 is 14.7 Å². The first kappa shape index (κ1) is 16.7. The maximum Gasteiger partial charge on any atom is 0.264 e. The van der Waals surface area contributed by atoms with Gasteiger partial charge in [0.1, 0.15) is 12.8 Å². The Kier molecular flexibility index (Phi) is 5.63. The van der Waals surface area contributed by atoms with Crippen molar-refractivity contribution in [1.82, 2.24) is 10.1 Å². The predicted octanol–water partition coefficient (Wildman–Crippen LogP) is 3.40. The molecule has 0 unspecified atom stereocenters. The Hall–Kier alpha value is -2.15. The van der Waals surface area contributed by atoms with E-state index in [9.17, 15) is 9.59 Å². The molecule has 1 fully saturated rings. The zero-order valence-electron chi connectivity index (χ0n) is 13.4. The monoisotopic (exact) mass is 347 g/mol. The lowest BCUT2D eigenvalue weighted by atomic mass is 9.89. The van der Waals surface area contributed by atoms with Crippen LogP contribution < -0.4 is 5.32 Å². The van der Waals surface area contributed by atoms with Crippen LogP contribution >= 0.6 is 11.3 Å². The first-order valence-electron chi connectivity index (χ1n) is 8.25. The number of nitrogens with zero attached hydrogens (tertiary/aromatic N) is 2. The Morgan fingerprint density at radius 2 is 2.12 bits per heavy atom. The molecule has 0 spiro atoms. The highest BCUT2D eigenvalue weighted by molar-refractivity contribution is 7.12. The number of carbonyl (C=O) groups excluding carboxylic acids is 2. The standard InChI is InChI=1S/C17H21N3O3S/c21-16(18-15-8-9-23-19-15)12-20(11-13-5-2-1-3-6-13)17(22)14-7-4-10-24-14/h4,7-10,13H,1-3,5-6,11-12H2,(H,18,19,21). The van der Waals surface area contributed by atoms with E-state index in [4.69, 9.17) is 4.52 Å². The molecule has 1 saturated carbocycles. The van der Waals surface area contributed by atoms with Gasteiger partial charge >= 0.3 is 0 Å². The van der Waals surface area contributed by atoms with Gasteiger partial charge in [-0.25, -0.2) is 0 Å². The molecule has 24 heavy (non-hydrogen) atoms. The Morgan fingerprint density at radius 1 is 1.29 bits per heavy atom. The molecular weight excluding hydrogens is 326 g/mol. The lowest BCUT2D eigenvalue weighted by molar-refractivity contribution is -0.117. The number of aromatic nitrogens is 1. The van der Waals surface area contributed by atoms with Crippen molar-refractivity contribution in [3.05, 3.63) is 34.7 Å². The average molecular weight is 347 g/mol. The Balaban J connectivity index is 1.66. The van der Waals surface area contributed by atoms with Gasteiger partial charge in [-0.2, -0.15) is 0 Å². The second-order valence-corrected chi connectivity index (χ2v) is 7.05. The van der Waals surface area contributed by atoms with E-state index in [-0.39, 0.29) is 18.4 Å². The summed E-state index contributed by atoms with van der Waals surface area (Å²) in [6.07, 6.45) is 7.32. The average Bonchev–Trinajstić information content (AvgIpc) is 3.28. The summed E-state index contributed by atoms with van der Waals surface area (Å²) in [5.74, 6) is 0.499. The van der Waals surface area contributed by atoms with E-state index in [0.717, 1.165) is 12.8 Å². The third kappa shape index (κ3) is 4.44. The minimum atomic E-state index is -0.260. The van der Waals surface area contributed by atoms with Crippen LogP contribution in [0.4, 0.5) is 5.82 Å². The summed E-state index contributed by atoms with van der Waals surface area (Å²) in [5, 5.41) is 8.20. The van der Waals surface area contributed by atoms with E-state index < -0.39 is 0 Å². The quantitative estimate of drug-likeness (QED) is 0.869. The van der Waals surface area contributed by atoms with Gasteiger partial charge in [-0.3, -0.25) is 9.59 Å². The van der Waals surface area contributed by atoms with Gasteiger partial charge in [0.15, 0.2) is 5.82 Å². The van der Waals surface area contributed by atoms with E-state index in [1.807, 2.05) is 11.4 Å². The number of thiophene rings is 1. The van der Waals surface area contributed by atoms with E-state index in [1.165, 1.54) is 36.9 Å². The summed E-state index contributed by atoms with van der Waals surface area (Å²) in [7, 11) is 0. The van der Waals surface area contributed by atoms with Crippen molar-refractivity contribution >= 4 is 29.0 Å². The normalized spacial score (nSPS) is 15.2. The first-order valence-corrected chi connectivity index (χ1v) is 9.13. The lowest BCUT2D eigenvalue weighted by Crippen LogP contribution is -2.41. The fourth-order valence-corrected chi connectivity index (χ4v) is 3.78. The Labute approximate surface area is 144 Å². The van der Waals surface area contributed by atoms with Gasteiger partial charge in [0.25, 0.3) is 5.91 Å². The number of hydrogen-bond acceptors (Lipinski definition) is 5. The molecule has 0 aromatic carbocycles. The zero-order valence-corrected chi connectivity index (χ0v) is 14.3. The van der Waals surface area contributed by atoms with Crippen LogP contribution in [0.25, 0.3) is 0 Å². The van der Waals surface area contributed by atoms with E-state index in [1.54, 1.807) is 17.0 Å². The molecule has 0 atom stereocenters. The number of carbonyl (C=O) groups is 2. The molecule has 0 radical (unpaired) electrons. The van der Waals surface area contributed by atoms with E-state index in [0.29, 0.717) is 23.2 Å². The van der Waals surface area contributed by atoms with Crippen LogP contribution in [0.5, 0.6) is 0 Å².